The molecule has 0 amide bonds. The molecular formula is C13H22N4O3S. The molecule has 118 valence electrons. The Morgan fingerprint density at radius 2 is 2.29 bits per heavy atom. The van der Waals surface area contributed by atoms with E-state index in [1.54, 1.807) is 0 Å². The van der Waals surface area contributed by atoms with E-state index in [4.69, 9.17) is 4.74 Å². The lowest BCUT2D eigenvalue weighted by atomic mass is 9.71. The predicted molar refractivity (Wildman–Crippen MR) is 77.3 cm³/mol. The first-order chi connectivity index (χ1) is 9.95. The maximum absolute atomic E-state index is 12.6. The van der Waals surface area contributed by atoms with Gasteiger partial charge in [-0.3, -0.25) is 4.68 Å². The summed E-state index contributed by atoms with van der Waals surface area (Å²) in [5, 5.41) is 4.26. The first-order valence-corrected chi connectivity index (χ1v) is 8.76. The molecule has 1 aliphatic carbocycles. The van der Waals surface area contributed by atoms with Crippen molar-refractivity contribution in [2.75, 3.05) is 20.7 Å². The molecule has 0 spiro atoms. The van der Waals surface area contributed by atoms with Gasteiger partial charge in [-0.1, -0.05) is 0 Å². The molecule has 3 rings (SSSR count). The molecule has 1 N–H and O–H groups in total. The molecule has 21 heavy (non-hydrogen) atoms. The van der Waals surface area contributed by atoms with Crippen LogP contribution in [-0.4, -0.2) is 62.0 Å². The van der Waals surface area contributed by atoms with E-state index in [9.17, 15) is 8.42 Å². The van der Waals surface area contributed by atoms with Gasteiger partial charge in [0, 0.05) is 25.1 Å². The van der Waals surface area contributed by atoms with Crippen LogP contribution in [0.15, 0.2) is 17.3 Å². The molecule has 2 fully saturated rings. The zero-order valence-corrected chi connectivity index (χ0v) is 13.4. The van der Waals surface area contributed by atoms with Crippen LogP contribution in [0, 0.1) is 5.92 Å². The zero-order valence-electron chi connectivity index (χ0n) is 12.6. The van der Waals surface area contributed by atoms with Crippen molar-refractivity contribution in [3.63, 3.8) is 0 Å². The molecule has 0 unspecified atom stereocenters. The minimum atomic E-state index is -3.56. The van der Waals surface area contributed by atoms with Crippen molar-refractivity contribution in [1.29, 1.82) is 0 Å². The Morgan fingerprint density at radius 3 is 2.95 bits per heavy atom. The van der Waals surface area contributed by atoms with Gasteiger partial charge in [-0.05, 0) is 33.5 Å². The Labute approximate surface area is 125 Å². The van der Waals surface area contributed by atoms with E-state index in [-0.39, 0.29) is 29.1 Å². The van der Waals surface area contributed by atoms with Crippen LogP contribution < -0.4 is 4.72 Å². The normalized spacial score (nSPS) is 32.2. The fraction of sp³-hybridized carbons (Fsp3) is 0.769. The van der Waals surface area contributed by atoms with E-state index >= 15 is 0 Å². The zero-order chi connectivity index (χ0) is 15.2. The number of fused-ring (bicyclic) bond motifs is 1. The molecule has 4 atom stereocenters. The Balaban J connectivity index is 1.82. The number of ether oxygens (including phenoxy) is 1. The standard InChI is InChI=1S/C13H22N4O3S/c1-4-17-10(5-7-14-17)21(18,19)15-11-9-6-8-20-13(9)12(11)16(2)3/h5,7,9,11-13,15H,4,6,8H2,1-3H3/t9-,11+,12-,13-/m1/s1. The minimum absolute atomic E-state index is 0.0882. The van der Waals surface area contributed by atoms with Gasteiger partial charge < -0.3 is 9.64 Å². The van der Waals surface area contributed by atoms with Crippen LogP contribution in [-0.2, 0) is 21.3 Å². The molecule has 1 saturated carbocycles. The molecule has 1 saturated heterocycles. The topological polar surface area (TPSA) is 76.5 Å². The van der Waals surface area contributed by atoms with Crippen molar-refractivity contribution in [1.82, 2.24) is 19.4 Å². The summed E-state index contributed by atoms with van der Waals surface area (Å²) < 4.78 is 35.3. The van der Waals surface area contributed by atoms with Gasteiger partial charge >= 0.3 is 0 Å². The lowest BCUT2D eigenvalue weighted by Gasteiger charge is -2.50. The molecule has 8 heteroatoms. The number of sulfonamides is 1. The number of aromatic nitrogens is 2. The third kappa shape index (κ3) is 2.40. The molecular weight excluding hydrogens is 292 g/mol. The van der Waals surface area contributed by atoms with Crippen LogP contribution in [0.5, 0.6) is 0 Å². The third-order valence-corrected chi connectivity index (χ3v) is 5.97. The molecule has 1 aromatic heterocycles. The molecule has 7 nitrogen and oxygen atoms in total. The second-order valence-corrected chi connectivity index (χ2v) is 7.54. The Kier molecular flexibility index (Phi) is 3.81. The second-order valence-electron chi connectivity index (χ2n) is 5.87. The molecule has 2 aliphatic rings. The second kappa shape index (κ2) is 5.35. The SMILES string of the molecule is CCn1nccc1S(=O)(=O)N[C@H]1[C@H]2CCO[C@H]2[C@@H]1N(C)C. The van der Waals surface area contributed by atoms with Gasteiger partial charge in [-0.2, -0.15) is 5.10 Å². The van der Waals surface area contributed by atoms with Crippen molar-refractivity contribution in [3.8, 4) is 0 Å². The van der Waals surface area contributed by atoms with Crippen molar-refractivity contribution < 1.29 is 13.2 Å². The van der Waals surface area contributed by atoms with Gasteiger partial charge in [0.15, 0.2) is 5.03 Å². The first kappa shape index (κ1) is 15.0. The summed E-state index contributed by atoms with van der Waals surface area (Å²) in [7, 11) is 0.360. The molecule has 0 radical (unpaired) electrons. The lowest BCUT2D eigenvalue weighted by molar-refractivity contribution is -0.0626. The van der Waals surface area contributed by atoms with E-state index in [1.165, 1.54) is 16.9 Å². The number of nitrogens with one attached hydrogen (secondary N) is 1. The third-order valence-electron chi connectivity index (χ3n) is 4.49. The lowest BCUT2D eigenvalue weighted by Crippen LogP contribution is -2.69. The highest BCUT2D eigenvalue weighted by molar-refractivity contribution is 7.89. The molecule has 1 aliphatic heterocycles. The van der Waals surface area contributed by atoms with Crippen LogP contribution >= 0.6 is 0 Å². The number of likely N-dealkylation sites (N-methyl/N-ethyl adjacent to an activating group) is 1. The highest BCUT2D eigenvalue weighted by Crippen LogP contribution is 2.41. The average Bonchev–Trinajstić information content (AvgIpc) is 3.02. The summed E-state index contributed by atoms with van der Waals surface area (Å²) in [4.78, 5) is 2.04. The summed E-state index contributed by atoms with van der Waals surface area (Å²) >= 11 is 0. The van der Waals surface area contributed by atoms with Gasteiger partial charge in [-0.25, -0.2) is 13.1 Å². The summed E-state index contributed by atoms with van der Waals surface area (Å²) in [6.07, 6.45) is 2.57. The Morgan fingerprint density at radius 1 is 1.52 bits per heavy atom. The van der Waals surface area contributed by atoms with E-state index in [0.717, 1.165) is 6.42 Å². The number of rotatable bonds is 5. The van der Waals surface area contributed by atoms with Crippen molar-refractivity contribution in [2.45, 2.75) is 43.1 Å². The van der Waals surface area contributed by atoms with Crippen molar-refractivity contribution in [3.05, 3.63) is 12.3 Å². The van der Waals surface area contributed by atoms with Gasteiger partial charge in [0.25, 0.3) is 10.0 Å². The van der Waals surface area contributed by atoms with E-state index in [2.05, 4.69) is 9.82 Å². The largest absolute Gasteiger partial charge is 0.376 e. The minimum Gasteiger partial charge on any atom is -0.376 e. The molecule has 0 bridgehead atoms. The van der Waals surface area contributed by atoms with Gasteiger partial charge in [0.05, 0.1) is 18.3 Å². The Hall–Kier alpha value is -0.960. The van der Waals surface area contributed by atoms with E-state index < -0.39 is 10.0 Å². The average molecular weight is 314 g/mol. The van der Waals surface area contributed by atoms with Gasteiger partial charge in [-0.15, -0.1) is 0 Å². The molecule has 2 heterocycles. The quantitative estimate of drug-likeness (QED) is 0.821. The monoisotopic (exact) mass is 314 g/mol. The summed E-state index contributed by atoms with van der Waals surface area (Å²) in [5.41, 5.74) is 0. The van der Waals surface area contributed by atoms with Crippen molar-refractivity contribution >= 4 is 10.0 Å². The highest BCUT2D eigenvalue weighted by atomic mass is 32.2. The maximum Gasteiger partial charge on any atom is 0.258 e. The highest BCUT2D eigenvalue weighted by Gasteiger charge is 2.56. The number of aryl methyl sites for hydroxylation is 1. The van der Waals surface area contributed by atoms with Crippen LogP contribution in [0.1, 0.15) is 13.3 Å². The number of nitrogens with zero attached hydrogens (tertiary/aromatic N) is 3. The predicted octanol–water partition coefficient (Wildman–Crippen LogP) is -0.101. The smallest absolute Gasteiger partial charge is 0.258 e. The summed E-state index contributed by atoms with van der Waals surface area (Å²) in [5.74, 6) is 0.269. The fourth-order valence-electron chi connectivity index (χ4n) is 3.47. The summed E-state index contributed by atoms with van der Waals surface area (Å²) in [6.45, 7) is 3.11. The van der Waals surface area contributed by atoms with Gasteiger partial charge in [0.2, 0.25) is 0 Å². The van der Waals surface area contributed by atoms with Crippen LogP contribution in [0.25, 0.3) is 0 Å². The molecule has 1 aromatic rings. The van der Waals surface area contributed by atoms with Crippen LogP contribution in [0.4, 0.5) is 0 Å². The molecule has 0 aromatic carbocycles. The van der Waals surface area contributed by atoms with E-state index in [0.29, 0.717) is 13.2 Å². The number of hydrogen-bond donors (Lipinski definition) is 1. The van der Waals surface area contributed by atoms with E-state index in [1.807, 2.05) is 25.9 Å². The number of hydrogen-bond acceptors (Lipinski definition) is 5. The maximum atomic E-state index is 12.6. The van der Waals surface area contributed by atoms with Crippen molar-refractivity contribution in [2.24, 2.45) is 5.92 Å². The fourth-order valence-corrected chi connectivity index (χ4v) is 4.96. The van der Waals surface area contributed by atoms with Gasteiger partial charge in [0.1, 0.15) is 0 Å². The van der Waals surface area contributed by atoms with Crippen LogP contribution in [0.3, 0.4) is 0 Å². The first-order valence-electron chi connectivity index (χ1n) is 7.28. The Bertz CT molecular complexity index is 613. The van der Waals surface area contributed by atoms with Crippen LogP contribution in [0.2, 0.25) is 0 Å². The summed E-state index contributed by atoms with van der Waals surface area (Å²) in [6, 6.07) is 1.53.